The summed E-state index contributed by atoms with van der Waals surface area (Å²) in [6.45, 7) is 2.09. The van der Waals surface area contributed by atoms with Gasteiger partial charge in [-0.3, -0.25) is 4.98 Å². The van der Waals surface area contributed by atoms with Gasteiger partial charge >= 0.3 is 12.1 Å². The Morgan fingerprint density at radius 2 is 2.13 bits per heavy atom. The number of halogens is 3. The molecule has 3 rings (SSSR count). The van der Waals surface area contributed by atoms with Crippen LogP contribution in [0.15, 0.2) is 41.9 Å². The summed E-state index contributed by atoms with van der Waals surface area (Å²) in [5, 5.41) is 3.39. The van der Waals surface area contributed by atoms with Crippen LogP contribution in [-0.4, -0.2) is 42.2 Å². The van der Waals surface area contributed by atoms with Gasteiger partial charge in [0.2, 0.25) is 0 Å². The van der Waals surface area contributed by atoms with E-state index in [1.807, 2.05) is 12.1 Å². The number of nitrogens with one attached hydrogen (secondary N) is 1. The molecule has 0 radical (unpaired) electrons. The molecule has 0 fully saturated rings. The van der Waals surface area contributed by atoms with Crippen molar-refractivity contribution in [3.63, 3.8) is 0 Å². The summed E-state index contributed by atoms with van der Waals surface area (Å²) in [5.41, 5.74) is 3.28. The second kappa shape index (κ2) is 9.57. The third kappa shape index (κ3) is 6.03. The number of nitrogens with zero attached hydrogens (tertiary/aromatic N) is 2. The molecule has 0 spiro atoms. The van der Waals surface area contributed by atoms with Crippen LogP contribution in [0.2, 0.25) is 5.02 Å². The van der Waals surface area contributed by atoms with Crippen molar-refractivity contribution >= 4 is 23.2 Å². The van der Waals surface area contributed by atoms with E-state index in [2.05, 4.69) is 15.0 Å². The van der Waals surface area contributed by atoms with E-state index in [0.29, 0.717) is 56.6 Å². The average Bonchev–Trinajstić information content (AvgIpc) is 2.69. The van der Waals surface area contributed by atoms with E-state index in [1.165, 1.54) is 6.08 Å². The number of allylic oxidation sites excluding steroid dienone is 4. The summed E-state index contributed by atoms with van der Waals surface area (Å²) < 4.78 is 35.5. The molecule has 0 aromatic carbocycles. The number of hydrogen-bond acceptors (Lipinski definition) is 4. The van der Waals surface area contributed by atoms with E-state index in [4.69, 9.17) is 16.3 Å². The monoisotopic (exact) mass is 439 g/mol. The molecule has 2 amide bonds. The van der Waals surface area contributed by atoms with Crippen molar-refractivity contribution in [3.05, 3.63) is 58.2 Å². The summed E-state index contributed by atoms with van der Waals surface area (Å²) in [5.74, 6) is 0.201. The standard InChI is InChI=1S/C21H24ClF2N3O3/c1-21(23,24)30-17-5-3-16(4-6-17)26-20(28)27-9-7-15(8-10-27)19-18(22)11-14(12-25-19)13-29-2/h3,5,7,11-12H,4,6,8-10,13H2,1-2H3,(H,26,28). The van der Waals surface area contributed by atoms with E-state index >= 15 is 0 Å². The predicted molar refractivity (Wildman–Crippen MR) is 110 cm³/mol. The van der Waals surface area contributed by atoms with Gasteiger partial charge in [-0.25, -0.2) is 4.79 Å². The molecule has 9 heteroatoms. The summed E-state index contributed by atoms with van der Waals surface area (Å²) in [6, 6.07) is 1.60. The van der Waals surface area contributed by atoms with Crippen LogP contribution in [0.3, 0.4) is 0 Å². The predicted octanol–water partition coefficient (Wildman–Crippen LogP) is 4.87. The van der Waals surface area contributed by atoms with E-state index < -0.39 is 6.11 Å². The number of amides is 2. The van der Waals surface area contributed by atoms with Crippen LogP contribution in [-0.2, 0) is 16.1 Å². The number of ether oxygens (including phenoxy) is 2. The average molecular weight is 440 g/mol. The maximum atomic E-state index is 12.9. The van der Waals surface area contributed by atoms with Crippen LogP contribution >= 0.6 is 11.6 Å². The first-order chi connectivity index (χ1) is 14.2. The zero-order chi connectivity index (χ0) is 21.7. The Morgan fingerprint density at radius 3 is 2.70 bits per heavy atom. The molecule has 30 heavy (non-hydrogen) atoms. The summed E-state index contributed by atoms with van der Waals surface area (Å²) in [7, 11) is 1.61. The van der Waals surface area contributed by atoms with Gasteiger partial charge < -0.3 is 19.7 Å². The maximum Gasteiger partial charge on any atom is 0.394 e. The topological polar surface area (TPSA) is 63.7 Å². The largest absolute Gasteiger partial charge is 0.437 e. The molecular formula is C21H24ClF2N3O3. The van der Waals surface area contributed by atoms with Crippen LogP contribution in [0.5, 0.6) is 0 Å². The third-order valence-corrected chi connectivity index (χ3v) is 4.99. The van der Waals surface area contributed by atoms with Gasteiger partial charge in [-0.1, -0.05) is 17.7 Å². The minimum atomic E-state index is -3.21. The molecule has 2 heterocycles. The highest BCUT2D eigenvalue weighted by atomic mass is 35.5. The molecule has 0 atom stereocenters. The number of urea groups is 1. The minimum absolute atomic E-state index is 0.201. The van der Waals surface area contributed by atoms with Crippen molar-refractivity contribution in [1.82, 2.24) is 15.2 Å². The number of hydrogen-bond donors (Lipinski definition) is 1. The molecule has 1 aliphatic carbocycles. The van der Waals surface area contributed by atoms with Gasteiger partial charge in [0.05, 0.1) is 17.3 Å². The van der Waals surface area contributed by atoms with Crippen molar-refractivity contribution in [2.75, 3.05) is 20.2 Å². The highest BCUT2D eigenvalue weighted by Crippen LogP contribution is 2.28. The Bertz CT molecular complexity index is 894. The van der Waals surface area contributed by atoms with E-state index in [-0.39, 0.29) is 11.8 Å². The summed E-state index contributed by atoms with van der Waals surface area (Å²) in [4.78, 5) is 18.6. The molecule has 1 aliphatic heterocycles. The number of rotatable bonds is 6. The third-order valence-electron chi connectivity index (χ3n) is 4.70. The van der Waals surface area contributed by atoms with Gasteiger partial charge in [0.15, 0.2) is 0 Å². The van der Waals surface area contributed by atoms with Crippen LogP contribution in [0.25, 0.3) is 5.57 Å². The Hall–Kier alpha value is -2.45. The lowest BCUT2D eigenvalue weighted by molar-refractivity contribution is -0.199. The molecule has 1 aromatic rings. The van der Waals surface area contributed by atoms with Crippen LogP contribution < -0.4 is 5.32 Å². The lowest BCUT2D eigenvalue weighted by Crippen LogP contribution is -2.42. The van der Waals surface area contributed by atoms with Crippen molar-refractivity contribution < 1.29 is 23.0 Å². The second-order valence-electron chi connectivity index (χ2n) is 7.20. The molecule has 0 bridgehead atoms. The number of aromatic nitrogens is 1. The number of carbonyl (C=O) groups excluding carboxylic acids is 1. The molecule has 1 aromatic heterocycles. The van der Waals surface area contributed by atoms with Gasteiger partial charge in [0.25, 0.3) is 0 Å². The fourth-order valence-electron chi connectivity index (χ4n) is 3.28. The maximum absolute atomic E-state index is 12.9. The number of pyridine rings is 1. The van der Waals surface area contributed by atoms with Crippen molar-refractivity contribution in [2.45, 2.75) is 38.9 Å². The molecule has 2 aliphatic rings. The number of methoxy groups -OCH3 is 1. The lowest BCUT2D eigenvalue weighted by atomic mass is 10.0. The molecule has 0 saturated carbocycles. The van der Waals surface area contributed by atoms with E-state index in [0.717, 1.165) is 16.8 Å². The van der Waals surface area contributed by atoms with Crippen molar-refractivity contribution in [3.8, 4) is 0 Å². The van der Waals surface area contributed by atoms with Gasteiger partial charge in [-0.15, -0.1) is 0 Å². The number of carbonyl (C=O) groups is 1. The van der Waals surface area contributed by atoms with Gasteiger partial charge in [-0.2, -0.15) is 8.78 Å². The first-order valence-corrected chi connectivity index (χ1v) is 9.98. The highest BCUT2D eigenvalue weighted by molar-refractivity contribution is 6.32. The Balaban J connectivity index is 1.57. The van der Waals surface area contributed by atoms with Gasteiger partial charge in [0.1, 0.15) is 5.76 Å². The first kappa shape index (κ1) is 22.2. The van der Waals surface area contributed by atoms with E-state index in [1.54, 1.807) is 24.3 Å². The van der Waals surface area contributed by atoms with Crippen molar-refractivity contribution in [1.29, 1.82) is 0 Å². The fraction of sp³-hybridized carbons (Fsp3) is 0.429. The minimum Gasteiger partial charge on any atom is -0.437 e. The number of alkyl halides is 2. The Morgan fingerprint density at radius 1 is 1.33 bits per heavy atom. The molecule has 0 saturated heterocycles. The second-order valence-corrected chi connectivity index (χ2v) is 7.60. The zero-order valence-corrected chi connectivity index (χ0v) is 17.6. The van der Waals surface area contributed by atoms with E-state index in [9.17, 15) is 13.6 Å². The Labute approximate surface area is 179 Å². The van der Waals surface area contributed by atoms with Crippen LogP contribution in [0.4, 0.5) is 13.6 Å². The summed E-state index contributed by atoms with van der Waals surface area (Å²) in [6.07, 6.45) is 4.90. The zero-order valence-electron chi connectivity index (χ0n) is 16.9. The molecule has 6 nitrogen and oxygen atoms in total. The van der Waals surface area contributed by atoms with Crippen molar-refractivity contribution in [2.24, 2.45) is 0 Å². The van der Waals surface area contributed by atoms with Gasteiger partial charge in [-0.05, 0) is 42.2 Å². The Kier molecular flexibility index (Phi) is 7.10. The van der Waals surface area contributed by atoms with Crippen LogP contribution in [0, 0.1) is 0 Å². The smallest absolute Gasteiger partial charge is 0.394 e. The molecule has 1 N–H and O–H groups in total. The molecule has 162 valence electrons. The summed E-state index contributed by atoms with van der Waals surface area (Å²) >= 11 is 6.36. The fourth-order valence-corrected chi connectivity index (χ4v) is 3.59. The highest BCUT2D eigenvalue weighted by Gasteiger charge is 2.26. The lowest BCUT2D eigenvalue weighted by Gasteiger charge is -2.28. The SMILES string of the molecule is COCc1cnc(C2=CCN(C(=O)NC3=CC=C(OC(C)(F)F)CC3)CC2)c(Cl)c1. The molecule has 0 unspecified atom stereocenters. The molecular weight excluding hydrogens is 416 g/mol. The van der Waals surface area contributed by atoms with Crippen LogP contribution in [0.1, 0.15) is 37.4 Å². The quantitative estimate of drug-likeness (QED) is 0.686. The van der Waals surface area contributed by atoms with Gasteiger partial charge in [0, 0.05) is 45.4 Å². The normalized spacial score (nSPS) is 17.1. The first-order valence-electron chi connectivity index (χ1n) is 9.60.